The van der Waals surface area contributed by atoms with Gasteiger partial charge in [0.1, 0.15) is 11.6 Å². The molecule has 2 nitrogen and oxygen atoms in total. The molecule has 0 aromatic heterocycles. The van der Waals surface area contributed by atoms with Crippen molar-refractivity contribution in [1.29, 1.82) is 0 Å². The summed E-state index contributed by atoms with van der Waals surface area (Å²) in [6.07, 6.45) is 4.04. The molecule has 0 amide bonds. The number of benzene rings is 2. The maximum absolute atomic E-state index is 13.3. The average Bonchev–Trinajstić information content (AvgIpc) is 3.30. The Hall–Kier alpha value is -2.49. The predicted molar refractivity (Wildman–Crippen MR) is 87.5 cm³/mol. The molecular formula is C20H18F2O2. The molecule has 124 valence electrons. The molecular weight excluding hydrogens is 310 g/mol. The maximum atomic E-state index is 13.3. The second kappa shape index (κ2) is 6.56. The fourth-order valence-electron chi connectivity index (χ4n) is 3.23. The molecule has 0 heterocycles. The van der Waals surface area contributed by atoms with Crippen LogP contribution in [0.15, 0.2) is 60.7 Å². The summed E-state index contributed by atoms with van der Waals surface area (Å²) in [5, 5.41) is 0. The Balaban J connectivity index is 1.93. The van der Waals surface area contributed by atoms with Crippen LogP contribution in [0.4, 0.5) is 8.78 Å². The molecule has 1 aliphatic rings. The summed E-state index contributed by atoms with van der Waals surface area (Å²) >= 11 is 0. The molecule has 0 radical (unpaired) electrons. The van der Waals surface area contributed by atoms with Crippen molar-refractivity contribution in [2.75, 3.05) is 6.61 Å². The maximum Gasteiger partial charge on any atom is 0.330 e. The van der Waals surface area contributed by atoms with E-state index in [1.807, 2.05) is 6.08 Å². The summed E-state index contributed by atoms with van der Waals surface area (Å²) in [6.45, 7) is 2.08. The summed E-state index contributed by atoms with van der Waals surface area (Å²) in [5.74, 6) is -0.895. The number of ether oxygens (including phenoxy) is 1. The number of hydrogen-bond acceptors (Lipinski definition) is 2. The summed E-state index contributed by atoms with van der Waals surface area (Å²) in [6, 6.07) is 12.7. The SMILES string of the molecule is CCOC(=O)/C=C\[C@H]1CC1(c1ccc(F)cc1)c1ccc(F)cc1. The van der Waals surface area contributed by atoms with Crippen LogP contribution >= 0.6 is 0 Å². The molecule has 0 bridgehead atoms. The standard InChI is InChI=1S/C20H18F2O2/c1-2-24-19(23)12-7-16-13-20(16,14-3-8-17(21)9-4-14)15-5-10-18(22)11-6-15/h3-12,16H,2,13H2,1H3/b12-7-/t16-/m0/s1. The molecule has 1 fully saturated rings. The van der Waals surface area contributed by atoms with Gasteiger partial charge in [-0.05, 0) is 54.7 Å². The zero-order valence-electron chi connectivity index (χ0n) is 13.3. The lowest BCUT2D eigenvalue weighted by molar-refractivity contribution is -0.137. The Morgan fingerprint density at radius 3 is 2.04 bits per heavy atom. The van der Waals surface area contributed by atoms with E-state index in [4.69, 9.17) is 4.74 Å². The lowest BCUT2D eigenvalue weighted by Gasteiger charge is -2.18. The third kappa shape index (κ3) is 3.09. The molecule has 24 heavy (non-hydrogen) atoms. The van der Waals surface area contributed by atoms with Crippen molar-refractivity contribution in [3.63, 3.8) is 0 Å². The lowest BCUT2D eigenvalue weighted by atomic mass is 9.85. The van der Waals surface area contributed by atoms with Crippen LogP contribution in [-0.4, -0.2) is 12.6 Å². The van der Waals surface area contributed by atoms with Gasteiger partial charge in [-0.3, -0.25) is 0 Å². The van der Waals surface area contributed by atoms with Gasteiger partial charge in [0.2, 0.25) is 0 Å². The van der Waals surface area contributed by atoms with Gasteiger partial charge in [-0.2, -0.15) is 0 Å². The first-order valence-corrected chi connectivity index (χ1v) is 7.93. The van der Waals surface area contributed by atoms with Crippen molar-refractivity contribution < 1.29 is 18.3 Å². The van der Waals surface area contributed by atoms with E-state index in [1.54, 1.807) is 31.2 Å². The first-order valence-electron chi connectivity index (χ1n) is 7.93. The van der Waals surface area contributed by atoms with Crippen LogP contribution in [0, 0.1) is 17.6 Å². The van der Waals surface area contributed by atoms with Gasteiger partial charge in [-0.15, -0.1) is 0 Å². The molecule has 1 saturated carbocycles. The van der Waals surface area contributed by atoms with E-state index in [9.17, 15) is 13.6 Å². The van der Waals surface area contributed by atoms with Crippen molar-refractivity contribution in [2.45, 2.75) is 18.8 Å². The van der Waals surface area contributed by atoms with E-state index in [-0.39, 0.29) is 28.9 Å². The third-order valence-corrected chi connectivity index (χ3v) is 4.48. The molecule has 2 aromatic rings. The van der Waals surface area contributed by atoms with Gasteiger partial charge in [0.15, 0.2) is 0 Å². The van der Waals surface area contributed by atoms with Crippen molar-refractivity contribution in [1.82, 2.24) is 0 Å². The van der Waals surface area contributed by atoms with Crippen molar-refractivity contribution in [3.05, 3.63) is 83.4 Å². The Morgan fingerprint density at radius 2 is 1.58 bits per heavy atom. The molecule has 0 N–H and O–H groups in total. The highest BCUT2D eigenvalue weighted by atomic mass is 19.1. The fourth-order valence-corrected chi connectivity index (χ4v) is 3.23. The monoisotopic (exact) mass is 328 g/mol. The molecule has 1 aliphatic carbocycles. The van der Waals surface area contributed by atoms with E-state index in [2.05, 4.69) is 0 Å². The molecule has 0 aliphatic heterocycles. The minimum Gasteiger partial charge on any atom is -0.463 e. The van der Waals surface area contributed by atoms with Crippen LogP contribution in [0.2, 0.25) is 0 Å². The van der Waals surface area contributed by atoms with Crippen molar-refractivity contribution >= 4 is 5.97 Å². The zero-order chi connectivity index (χ0) is 17.2. The van der Waals surface area contributed by atoms with Crippen LogP contribution in [0.5, 0.6) is 0 Å². The van der Waals surface area contributed by atoms with Gasteiger partial charge >= 0.3 is 5.97 Å². The topological polar surface area (TPSA) is 26.3 Å². The zero-order valence-corrected chi connectivity index (χ0v) is 13.3. The lowest BCUT2D eigenvalue weighted by Crippen LogP contribution is -2.12. The number of esters is 1. The van der Waals surface area contributed by atoms with Crippen LogP contribution in [-0.2, 0) is 14.9 Å². The number of carbonyl (C=O) groups excluding carboxylic acids is 1. The minimum absolute atomic E-state index is 0.0813. The van der Waals surface area contributed by atoms with Crippen molar-refractivity contribution in [3.8, 4) is 0 Å². The normalized spacial score (nSPS) is 18.5. The molecule has 4 heteroatoms. The molecule has 0 spiro atoms. The third-order valence-electron chi connectivity index (χ3n) is 4.48. The summed E-state index contributed by atoms with van der Waals surface area (Å²) in [5.41, 5.74) is 1.55. The van der Waals surface area contributed by atoms with E-state index < -0.39 is 0 Å². The van der Waals surface area contributed by atoms with Crippen LogP contribution < -0.4 is 0 Å². The van der Waals surface area contributed by atoms with Crippen LogP contribution in [0.3, 0.4) is 0 Å². The Kier molecular flexibility index (Phi) is 4.47. The number of halogens is 2. The highest BCUT2D eigenvalue weighted by Gasteiger charge is 2.55. The summed E-state index contributed by atoms with van der Waals surface area (Å²) < 4.78 is 31.4. The van der Waals surface area contributed by atoms with E-state index >= 15 is 0 Å². The van der Waals surface area contributed by atoms with Crippen molar-refractivity contribution in [2.24, 2.45) is 5.92 Å². The first-order chi connectivity index (χ1) is 11.6. The largest absolute Gasteiger partial charge is 0.463 e. The van der Waals surface area contributed by atoms with Gasteiger partial charge in [0.05, 0.1) is 6.61 Å². The molecule has 0 unspecified atom stereocenters. The quantitative estimate of drug-likeness (QED) is 0.601. The highest BCUT2D eigenvalue weighted by molar-refractivity contribution is 5.82. The molecule has 0 saturated heterocycles. The summed E-state index contributed by atoms with van der Waals surface area (Å²) in [7, 11) is 0. The number of rotatable bonds is 5. The molecule has 1 atom stereocenters. The molecule has 3 rings (SSSR count). The first kappa shape index (κ1) is 16.4. The van der Waals surface area contributed by atoms with E-state index in [0.29, 0.717) is 6.61 Å². The average molecular weight is 328 g/mol. The smallest absolute Gasteiger partial charge is 0.330 e. The van der Waals surface area contributed by atoms with Gasteiger partial charge in [0, 0.05) is 11.5 Å². The second-order valence-electron chi connectivity index (χ2n) is 5.91. The fraction of sp³-hybridized carbons (Fsp3) is 0.250. The van der Waals surface area contributed by atoms with Gasteiger partial charge in [-0.25, -0.2) is 13.6 Å². The van der Waals surface area contributed by atoms with Crippen LogP contribution in [0.1, 0.15) is 24.5 Å². The Labute approximate surface area is 139 Å². The van der Waals surface area contributed by atoms with E-state index in [0.717, 1.165) is 17.5 Å². The van der Waals surface area contributed by atoms with Gasteiger partial charge < -0.3 is 4.74 Å². The summed E-state index contributed by atoms with van der Waals surface area (Å²) in [4.78, 5) is 11.5. The van der Waals surface area contributed by atoms with Crippen LogP contribution in [0.25, 0.3) is 0 Å². The van der Waals surface area contributed by atoms with Gasteiger partial charge in [-0.1, -0.05) is 30.3 Å². The Morgan fingerprint density at radius 1 is 1.08 bits per heavy atom. The molecule has 2 aromatic carbocycles. The number of allylic oxidation sites excluding steroid dienone is 1. The highest BCUT2D eigenvalue weighted by Crippen LogP contribution is 2.59. The van der Waals surface area contributed by atoms with E-state index in [1.165, 1.54) is 30.3 Å². The van der Waals surface area contributed by atoms with Gasteiger partial charge in [0.25, 0.3) is 0 Å². The number of carbonyl (C=O) groups is 1. The minimum atomic E-state index is -0.378. The Bertz CT molecular complexity index is 703. The number of hydrogen-bond donors (Lipinski definition) is 0. The predicted octanol–water partition coefficient (Wildman–Crippen LogP) is 4.39. The second-order valence-corrected chi connectivity index (χ2v) is 5.91.